The first-order chi connectivity index (χ1) is 10.9. The number of nitrogens with zero attached hydrogens (tertiary/aromatic N) is 1. The first-order valence-electron chi connectivity index (χ1n) is 7.84. The van der Waals surface area contributed by atoms with Crippen LogP contribution in [0.5, 0.6) is 0 Å². The highest BCUT2D eigenvalue weighted by Gasteiger charge is 2.27. The molecular formula is C20H16NS+. The highest BCUT2D eigenvalue weighted by Crippen LogP contribution is 2.39. The number of fused-ring (bicyclic) bond motifs is 5. The number of hydrogen-bond donors (Lipinski definition) is 0. The van der Waals surface area contributed by atoms with E-state index in [1.54, 1.807) is 0 Å². The quantitative estimate of drug-likeness (QED) is 0.438. The lowest BCUT2D eigenvalue weighted by atomic mass is 10.00. The molecular weight excluding hydrogens is 286 g/mol. The molecule has 22 heavy (non-hydrogen) atoms. The van der Waals surface area contributed by atoms with E-state index in [0.717, 1.165) is 6.54 Å². The topological polar surface area (TPSA) is 3.88 Å². The van der Waals surface area contributed by atoms with Gasteiger partial charge in [0.2, 0.25) is 0 Å². The Hall–Kier alpha value is -2.19. The number of thiophene rings is 1. The van der Waals surface area contributed by atoms with E-state index >= 15 is 0 Å². The van der Waals surface area contributed by atoms with Crippen LogP contribution in [-0.4, -0.2) is 0 Å². The summed E-state index contributed by atoms with van der Waals surface area (Å²) in [5, 5.41) is 2.82. The summed E-state index contributed by atoms with van der Waals surface area (Å²) < 4.78 is 3.93. The van der Waals surface area contributed by atoms with Gasteiger partial charge in [0.05, 0.1) is 5.39 Å². The highest BCUT2D eigenvalue weighted by molar-refractivity contribution is 7.25. The van der Waals surface area contributed by atoms with Crippen molar-refractivity contribution in [3.63, 3.8) is 0 Å². The van der Waals surface area contributed by atoms with Crippen molar-refractivity contribution in [1.29, 1.82) is 0 Å². The Balaban J connectivity index is 1.99. The Kier molecular flexibility index (Phi) is 2.61. The number of aryl methyl sites for hydroxylation is 2. The molecule has 0 saturated heterocycles. The minimum Gasteiger partial charge on any atom is -0.187 e. The van der Waals surface area contributed by atoms with Crippen molar-refractivity contribution in [2.45, 2.75) is 19.4 Å². The number of pyridine rings is 1. The third kappa shape index (κ3) is 1.68. The van der Waals surface area contributed by atoms with Gasteiger partial charge >= 0.3 is 0 Å². The van der Waals surface area contributed by atoms with Crippen LogP contribution in [-0.2, 0) is 13.0 Å². The van der Waals surface area contributed by atoms with E-state index in [1.165, 1.54) is 50.0 Å². The molecule has 4 aromatic rings. The van der Waals surface area contributed by atoms with Gasteiger partial charge in [0.25, 0.3) is 4.83 Å². The van der Waals surface area contributed by atoms with Crippen LogP contribution in [0.2, 0.25) is 0 Å². The molecule has 0 bridgehead atoms. The molecule has 1 aliphatic rings. The van der Waals surface area contributed by atoms with Gasteiger partial charge in [-0.3, -0.25) is 0 Å². The normalized spacial score (nSPS) is 13.8. The molecule has 1 nitrogen and oxygen atoms in total. The zero-order valence-electron chi connectivity index (χ0n) is 12.3. The smallest absolute Gasteiger partial charge is 0.187 e. The fourth-order valence-electron chi connectivity index (χ4n) is 3.65. The van der Waals surface area contributed by atoms with Crippen LogP contribution < -0.4 is 4.57 Å². The van der Waals surface area contributed by atoms with Crippen LogP contribution in [0.15, 0.2) is 60.7 Å². The number of aromatic nitrogens is 1. The van der Waals surface area contributed by atoms with Gasteiger partial charge in [0.15, 0.2) is 12.2 Å². The third-order valence-corrected chi connectivity index (χ3v) is 5.84. The van der Waals surface area contributed by atoms with E-state index in [2.05, 4.69) is 65.2 Å². The van der Waals surface area contributed by atoms with Gasteiger partial charge in [-0.2, -0.15) is 4.57 Å². The molecule has 2 aromatic heterocycles. The predicted molar refractivity (Wildman–Crippen MR) is 93.3 cm³/mol. The largest absolute Gasteiger partial charge is 0.270 e. The first-order valence-corrected chi connectivity index (χ1v) is 8.66. The van der Waals surface area contributed by atoms with Crippen molar-refractivity contribution in [3.8, 4) is 11.1 Å². The average molecular weight is 302 g/mol. The predicted octanol–water partition coefficient (Wildman–Crippen LogP) is 4.96. The fourth-order valence-corrected chi connectivity index (χ4v) is 4.92. The molecule has 0 aliphatic carbocycles. The molecule has 5 rings (SSSR count). The van der Waals surface area contributed by atoms with Crippen LogP contribution in [0.3, 0.4) is 0 Å². The van der Waals surface area contributed by atoms with E-state index in [-0.39, 0.29) is 0 Å². The molecule has 0 N–H and O–H groups in total. The van der Waals surface area contributed by atoms with Gasteiger partial charge in [-0.1, -0.05) is 59.9 Å². The molecule has 0 saturated carbocycles. The second kappa shape index (κ2) is 4.65. The molecule has 1 aliphatic heterocycles. The maximum absolute atomic E-state index is 2.53. The van der Waals surface area contributed by atoms with Gasteiger partial charge < -0.3 is 0 Å². The summed E-state index contributed by atoms with van der Waals surface area (Å²) in [5.41, 5.74) is 4.20. The number of rotatable bonds is 1. The molecule has 3 heterocycles. The molecule has 106 valence electrons. The Labute approximate surface area is 133 Å². The van der Waals surface area contributed by atoms with E-state index < -0.39 is 0 Å². The Bertz CT molecular complexity index is 999. The van der Waals surface area contributed by atoms with Crippen LogP contribution in [0.1, 0.15) is 12.1 Å². The van der Waals surface area contributed by atoms with Crippen molar-refractivity contribution in [2.24, 2.45) is 0 Å². The zero-order chi connectivity index (χ0) is 14.5. The van der Waals surface area contributed by atoms with Gasteiger partial charge in [-0.05, 0) is 11.6 Å². The molecule has 0 amide bonds. The zero-order valence-corrected chi connectivity index (χ0v) is 13.1. The Morgan fingerprint density at radius 2 is 1.73 bits per heavy atom. The first kappa shape index (κ1) is 12.4. The molecule has 2 aromatic carbocycles. The maximum Gasteiger partial charge on any atom is 0.270 e. The summed E-state index contributed by atoms with van der Waals surface area (Å²) in [7, 11) is 0. The summed E-state index contributed by atoms with van der Waals surface area (Å²) in [6.45, 7) is 1.16. The van der Waals surface area contributed by atoms with Crippen molar-refractivity contribution >= 4 is 31.6 Å². The van der Waals surface area contributed by atoms with Gasteiger partial charge in [0, 0.05) is 34.6 Å². The molecule has 0 spiro atoms. The van der Waals surface area contributed by atoms with Crippen molar-refractivity contribution in [2.75, 3.05) is 0 Å². The van der Waals surface area contributed by atoms with Crippen LogP contribution >= 0.6 is 11.3 Å². The van der Waals surface area contributed by atoms with Crippen LogP contribution in [0.4, 0.5) is 0 Å². The van der Waals surface area contributed by atoms with Gasteiger partial charge in [0.1, 0.15) is 0 Å². The van der Waals surface area contributed by atoms with E-state index in [9.17, 15) is 0 Å². The lowest BCUT2D eigenvalue weighted by Crippen LogP contribution is -2.33. The average Bonchev–Trinajstić information content (AvgIpc) is 3.19. The fraction of sp³-hybridized carbons (Fsp3) is 0.150. The molecule has 0 fully saturated rings. The van der Waals surface area contributed by atoms with Gasteiger partial charge in [-0.25, -0.2) is 0 Å². The highest BCUT2D eigenvalue weighted by atomic mass is 32.1. The van der Waals surface area contributed by atoms with Crippen molar-refractivity contribution in [3.05, 3.63) is 66.4 Å². The SMILES string of the molecule is c1ccc(-c2cc3[n+](c4sc5ccccc5c24)CCC3)cc1. The second-order valence-electron chi connectivity index (χ2n) is 5.95. The lowest BCUT2D eigenvalue weighted by molar-refractivity contribution is -0.662. The van der Waals surface area contributed by atoms with Crippen molar-refractivity contribution in [1.82, 2.24) is 0 Å². The monoisotopic (exact) mass is 302 g/mol. The van der Waals surface area contributed by atoms with Gasteiger partial charge in [-0.15, -0.1) is 0 Å². The summed E-state index contributed by atoms with van der Waals surface area (Å²) in [4.78, 5) is 1.44. The van der Waals surface area contributed by atoms with Crippen LogP contribution in [0.25, 0.3) is 31.4 Å². The molecule has 0 atom stereocenters. The molecule has 0 unspecified atom stereocenters. The van der Waals surface area contributed by atoms with E-state index in [4.69, 9.17) is 0 Å². The minimum atomic E-state index is 1.16. The van der Waals surface area contributed by atoms with Crippen LogP contribution in [0, 0.1) is 0 Å². The summed E-state index contributed by atoms with van der Waals surface area (Å²) in [6.07, 6.45) is 2.46. The standard InChI is InChI=1S/C20H16NS/c1-2-7-14(8-3-1)17-13-15-9-6-12-21(15)20-19(17)16-10-4-5-11-18(16)22-20/h1-5,7-8,10-11,13H,6,9,12H2/q+1. The van der Waals surface area contributed by atoms with E-state index in [1.807, 2.05) is 11.3 Å². The maximum atomic E-state index is 2.53. The summed E-state index contributed by atoms with van der Waals surface area (Å²) >= 11 is 1.94. The lowest BCUT2D eigenvalue weighted by Gasteiger charge is -2.05. The van der Waals surface area contributed by atoms with E-state index in [0.29, 0.717) is 0 Å². The number of hydrogen-bond acceptors (Lipinski definition) is 1. The minimum absolute atomic E-state index is 1.16. The summed E-state index contributed by atoms with van der Waals surface area (Å²) in [6, 6.07) is 22.1. The molecule has 2 heteroatoms. The Morgan fingerprint density at radius 1 is 0.909 bits per heavy atom. The molecule has 0 radical (unpaired) electrons. The van der Waals surface area contributed by atoms with Crippen molar-refractivity contribution < 1.29 is 4.57 Å². The number of benzene rings is 2. The Morgan fingerprint density at radius 3 is 2.64 bits per heavy atom. The summed E-state index contributed by atoms with van der Waals surface area (Å²) in [5.74, 6) is 0. The second-order valence-corrected chi connectivity index (χ2v) is 6.98. The third-order valence-electron chi connectivity index (χ3n) is 4.65.